The van der Waals surface area contributed by atoms with E-state index in [1.165, 1.54) is 11.3 Å². The van der Waals surface area contributed by atoms with Crippen molar-refractivity contribution in [2.24, 2.45) is 0 Å². The molecule has 2 aromatic carbocycles. The van der Waals surface area contributed by atoms with Crippen LogP contribution < -0.4 is 9.64 Å². The molecule has 5 nitrogen and oxygen atoms in total. The first-order valence-electron chi connectivity index (χ1n) is 10.3. The summed E-state index contributed by atoms with van der Waals surface area (Å²) in [5.74, 6) is 0.752. The lowest BCUT2D eigenvalue weighted by Gasteiger charge is -2.25. The molecule has 1 amide bonds. The van der Waals surface area contributed by atoms with Gasteiger partial charge >= 0.3 is 0 Å². The minimum Gasteiger partial charge on any atom is -0.492 e. The molecule has 0 aliphatic heterocycles. The van der Waals surface area contributed by atoms with E-state index in [0.29, 0.717) is 23.8 Å². The van der Waals surface area contributed by atoms with Crippen LogP contribution in [0.4, 0.5) is 5.13 Å². The molecule has 0 N–H and O–H groups in total. The first-order chi connectivity index (χ1) is 14.6. The first-order valence-corrected chi connectivity index (χ1v) is 12.4. The molecule has 0 unspecified atom stereocenters. The van der Waals surface area contributed by atoms with Crippen molar-refractivity contribution >= 4 is 44.4 Å². The highest BCUT2D eigenvalue weighted by atomic mass is 32.2. The number of para-hydroxylation sites is 1. The number of rotatable bonds is 10. The second-order valence-electron chi connectivity index (χ2n) is 6.72. The average molecular weight is 444 g/mol. The van der Waals surface area contributed by atoms with E-state index in [0.717, 1.165) is 40.5 Å². The summed E-state index contributed by atoms with van der Waals surface area (Å²) in [4.78, 5) is 23.6. The zero-order chi connectivity index (χ0) is 21.5. The predicted molar refractivity (Wildman–Crippen MR) is 128 cm³/mol. The van der Waals surface area contributed by atoms with Crippen molar-refractivity contribution in [1.29, 1.82) is 0 Å². The molecule has 0 aliphatic carbocycles. The van der Waals surface area contributed by atoms with E-state index in [9.17, 15) is 4.79 Å². The van der Waals surface area contributed by atoms with Crippen molar-refractivity contribution in [1.82, 2.24) is 9.88 Å². The van der Waals surface area contributed by atoms with Gasteiger partial charge in [0, 0.05) is 18.0 Å². The number of thioether (sulfide) groups is 1. The largest absolute Gasteiger partial charge is 0.492 e. The second kappa shape index (κ2) is 10.8. The van der Waals surface area contributed by atoms with Gasteiger partial charge in [-0.1, -0.05) is 43.4 Å². The summed E-state index contributed by atoms with van der Waals surface area (Å²) in [5, 5.41) is 0.713. The maximum atomic E-state index is 13.6. The molecule has 0 radical (unpaired) electrons. The molecule has 7 heteroatoms. The summed E-state index contributed by atoms with van der Waals surface area (Å²) in [5.41, 5.74) is 1.53. The number of ether oxygens (including phenoxy) is 1. The summed E-state index contributed by atoms with van der Waals surface area (Å²) in [6, 6.07) is 13.7. The number of likely N-dealkylation sites (N-methyl/N-ethyl adjacent to an activating group) is 1. The Labute approximate surface area is 187 Å². The number of carbonyl (C=O) groups excluding carboxylic acids is 1. The molecule has 3 aromatic rings. The quantitative estimate of drug-likeness (QED) is 0.392. The van der Waals surface area contributed by atoms with E-state index >= 15 is 0 Å². The first kappa shape index (κ1) is 22.6. The molecule has 1 aromatic heterocycles. The molecule has 0 fully saturated rings. The van der Waals surface area contributed by atoms with Crippen LogP contribution in [0.25, 0.3) is 10.2 Å². The van der Waals surface area contributed by atoms with E-state index in [1.807, 2.05) is 60.5 Å². The molecule has 1 heterocycles. The van der Waals surface area contributed by atoms with Crippen molar-refractivity contribution in [2.75, 3.05) is 43.9 Å². The van der Waals surface area contributed by atoms with E-state index in [1.54, 1.807) is 11.8 Å². The highest BCUT2D eigenvalue weighted by Crippen LogP contribution is 2.35. The number of thiazole rings is 1. The van der Waals surface area contributed by atoms with Crippen LogP contribution in [0.15, 0.2) is 47.4 Å². The van der Waals surface area contributed by atoms with Gasteiger partial charge in [0.2, 0.25) is 0 Å². The fraction of sp³-hybridized carbons (Fsp3) is 0.391. The maximum absolute atomic E-state index is 13.6. The number of amides is 1. The van der Waals surface area contributed by atoms with Crippen LogP contribution in [0.3, 0.4) is 0 Å². The predicted octanol–water partition coefficient (Wildman–Crippen LogP) is 5.41. The van der Waals surface area contributed by atoms with Gasteiger partial charge in [0.25, 0.3) is 5.91 Å². The number of benzene rings is 2. The van der Waals surface area contributed by atoms with Gasteiger partial charge in [-0.15, -0.1) is 11.8 Å². The summed E-state index contributed by atoms with van der Waals surface area (Å²) < 4.78 is 6.78. The van der Waals surface area contributed by atoms with Gasteiger partial charge in [0.1, 0.15) is 11.3 Å². The van der Waals surface area contributed by atoms with Crippen LogP contribution in [0.2, 0.25) is 0 Å². The normalized spacial score (nSPS) is 11.2. The van der Waals surface area contributed by atoms with Gasteiger partial charge in [0.15, 0.2) is 5.13 Å². The molecule has 0 saturated carbocycles. The van der Waals surface area contributed by atoms with Crippen LogP contribution in [-0.2, 0) is 0 Å². The highest BCUT2D eigenvalue weighted by Gasteiger charge is 2.24. The average Bonchev–Trinajstić information content (AvgIpc) is 3.21. The minimum absolute atomic E-state index is 0.0101. The standard InChI is InChI=1S/C23H29N3O2S2/c1-5-25(6-2)15-16-26(22(27)17-11-8-9-13-19(17)29-4)23-24-21-18(28-7-3)12-10-14-20(21)30-23/h8-14H,5-7,15-16H2,1-4H3. The zero-order valence-electron chi connectivity index (χ0n) is 18.1. The number of hydrogen-bond donors (Lipinski definition) is 0. The Bertz CT molecular complexity index is 985. The SMILES string of the molecule is CCOc1cccc2sc(N(CCN(CC)CC)C(=O)c3ccccc3SC)nc12. The van der Waals surface area contributed by atoms with Crippen molar-refractivity contribution in [3.05, 3.63) is 48.0 Å². The van der Waals surface area contributed by atoms with E-state index < -0.39 is 0 Å². The summed E-state index contributed by atoms with van der Waals surface area (Å²) >= 11 is 3.13. The van der Waals surface area contributed by atoms with Crippen LogP contribution >= 0.6 is 23.1 Å². The van der Waals surface area contributed by atoms with Crippen LogP contribution in [0.5, 0.6) is 5.75 Å². The molecule has 0 aliphatic rings. The van der Waals surface area contributed by atoms with Gasteiger partial charge < -0.3 is 9.64 Å². The molecular formula is C23H29N3O2S2. The Morgan fingerprint density at radius 1 is 1.07 bits per heavy atom. The minimum atomic E-state index is -0.0101. The third-order valence-corrected chi connectivity index (χ3v) is 6.86. The Hall–Kier alpha value is -2.09. The fourth-order valence-corrected chi connectivity index (χ4v) is 4.93. The van der Waals surface area contributed by atoms with Crippen molar-refractivity contribution in [3.63, 3.8) is 0 Å². The number of aromatic nitrogens is 1. The van der Waals surface area contributed by atoms with Gasteiger partial charge in [-0.2, -0.15) is 0 Å². The number of anilines is 1. The third-order valence-electron chi connectivity index (χ3n) is 5.02. The molecule has 0 atom stereocenters. The molecule has 160 valence electrons. The van der Waals surface area contributed by atoms with Crippen LogP contribution in [-0.4, -0.2) is 54.8 Å². The Morgan fingerprint density at radius 3 is 2.53 bits per heavy atom. The molecule has 0 bridgehead atoms. The Kier molecular flexibility index (Phi) is 8.13. The lowest BCUT2D eigenvalue weighted by Crippen LogP contribution is -2.39. The number of carbonyl (C=O) groups is 1. The van der Waals surface area contributed by atoms with E-state index in [2.05, 4.69) is 18.7 Å². The monoisotopic (exact) mass is 443 g/mol. The summed E-state index contributed by atoms with van der Waals surface area (Å²) in [6.45, 7) is 10.1. The maximum Gasteiger partial charge on any atom is 0.261 e. The molecule has 0 saturated heterocycles. The van der Waals surface area contributed by atoms with Gasteiger partial charge in [-0.25, -0.2) is 4.98 Å². The Balaban J connectivity index is 2.02. The van der Waals surface area contributed by atoms with Gasteiger partial charge in [-0.3, -0.25) is 9.69 Å². The topological polar surface area (TPSA) is 45.7 Å². The lowest BCUT2D eigenvalue weighted by atomic mass is 10.2. The van der Waals surface area contributed by atoms with Crippen LogP contribution in [0.1, 0.15) is 31.1 Å². The number of fused-ring (bicyclic) bond motifs is 1. The van der Waals surface area contributed by atoms with Crippen LogP contribution in [0, 0.1) is 0 Å². The Morgan fingerprint density at radius 2 is 1.83 bits per heavy atom. The third kappa shape index (κ3) is 4.96. The summed E-state index contributed by atoms with van der Waals surface area (Å²) in [7, 11) is 0. The molecule has 30 heavy (non-hydrogen) atoms. The molecular weight excluding hydrogens is 414 g/mol. The highest BCUT2D eigenvalue weighted by molar-refractivity contribution is 7.98. The van der Waals surface area contributed by atoms with E-state index in [4.69, 9.17) is 9.72 Å². The fourth-order valence-electron chi connectivity index (χ4n) is 3.33. The molecule has 0 spiro atoms. The number of hydrogen-bond acceptors (Lipinski definition) is 6. The van der Waals surface area contributed by atoms with Gasteiger partial charge in [-0.05, 0) is 50.5 Å². The lowest BCUT2D eigenvalue weighted by molar-refractivity contribution is 0.0981. The van der Waals surface area contributed by atoms with Gasteiger partial charge in [0.05, 0.1) is 16.9 Å². The van der Waals surface area contributed by atoms with E-state index in [-0.39, 0.29) is 5.91 Å². The van der Waals surface area contributed by atoms with Crippen molar-refractivity contribution in [2.45, 2.75) is 25.7 Å². The smallest absolute Gasteiger partial charge is 0.261 e. The number of nitrogens with zero attached hydrogens (tertiary/aromatic N) is 3. The van der Waals surface area contributed by atoms with Crippen molar-refractivity contribution < 1.29 is 9.53 Å². The zero-order valence-corrected chi connectivity index (χ0v) is 19.7. The molecule has 3 rings (SSSR count). The second-order valence-corrected chi connectivity index (χ2v) is 8.57. The van der Waals surface area contributed by atoms with Crippen molar-refractivity contribution in [3.8, 4) is 5.75 Å². The summed E-state index contributed by atoms with van der Waals surface area (Å²) in [6.07, 6.45) is 2.00.